The molecule has 12 heavy (non-hydrogen) atoms. The van der Waals surface area contributed by atoms with Crippen LogP contribution in [0.2, 0.25) is 0 Å². The van der Waals surface area contributed by atoms with E-state index in [1.807, 2.05) is 13.8 Å². The summed E-state index contributed by atoms with van der Waals surface area (Å²) in [5.74, 6) is -0.447. The van der Waals surface area contributed by atoms with Crippen LogP contribution in [-0.4, -0.2) is 16.2 Å². The standard InChI is InChI=1S/C7H11NO2.C2H6/c1-4-6(3)7(9)8(10)5-2;1-2/h4-5,10H,2H2,1,3H3;1-2H3/b6-4-;. The first-order valence-corrected chi connectivity index (χ1v) is 3.91. The normalized spacial score (nSPS) is 9.58. The number of amides is 1. The molecule has 0 fully saturated rings. The van der Waals surface area contributed by atoms with Gasteiger partial charge in [0.15, 0.2) is 0 Å². The average Bonchev–Trinajstić information content (AvgIpc) is 2.17. The Bertz CT molecular complexity index is 173. The van der Waals surface area contributed by atoms with Crippen LogP contribution in [0.3, 0.4) is 0 Å². The van der Waals surface area contributed by atoms with Crippen LogP contribution in [0.4, 0.5) is 0 Å². The maximum Gasteiger partial charge on any atom is 0.276 e. The Hall–Kier alpha value is -1.09. The summed E-state index contributed by atoms with van der Waals surface area (Å²) in [7, 11) is 0. The molecule has 0 spiro atoms. The van der Waals surface area contributed by atoms with Gasteiger partial charge in [0, 0.05) is 11.8 Å². The van der Waals surface area contributed by atoms with Gasteiger partial charge in [-0.3, -0.25) is 10.0 Å². The van der Waals surface area contributed by atoms with Crippen LogP contribution in [-0.2, 0) is 4.79 Å². The van der Waals surface area contributed by atoms with Crippen molar-refractivity contribution >= 4 is 5.91 Å². The van der Waals surface area contributed by atoms with Gasteiger partial charge < -0.3 is 0 Å². The van der Waals surface area contributed by atoms with Gasteiger partial charge in [0.1, 0.15) is 0 Å². The van der Waals surface area contributed by atoms with Crippen LogP contribution in [0.15, 0.2) is 24.4 Å². The van der Waals surface area contributed by atoms with E-state index >= 15 is 0 Å². The molecule has 70 valence electrons. The van der Waals surface area contributed by atoms with Gasteiger partial charge in [-0.15, -0.1) is 0 Å². The van der Waals surface area contributed by atoms with Crippen molar-refractivity contribution in [2.75, 3.05) is 0 Å². The predicted molar refractivity (Wildman–Crippen MR) is 49.6 cm³/mol. The molecule has 1 amide bonds. The third kappa shape index (κ3) is 4.68. The molecule has 0 aliphatic heterocycles. The summed E-state index contributed by atoms with van der Waals surface area (Å²) in [6, 6.07) is 0. The van der Waals surface area contributed by atoms with Crippen molar-refractivity contribution in [3.05, 3.63) is 24.4 Å². The third-order valence-electron chi connectivity index (χ3n) is 1.15. The molecule has 0 aliphatic rings. The number of hydroxylamine groups is 2. The van der Waals surface area contributed by atoms with Gasteiger partial charge in [-0.25, -0.2) is 0 Å². The Kier molecular flexibility index (Phi) is 9.01. The molecule has 0 rings (SSSR count). The van der Waals surface area contributed by atoms with Gasteiger partial charge in [0.05, 0.1) is 0 Å². The Morgan fingerprint density at radius 3 is 2.17 bits per heavy atom. The van der Waals surface area contributed by atoms with E-state index in [1.165, 1.54) is 0 Å². The highest BCUT2D eigenvalue weighted by atomic mass is 16.5. The molecule has 0 bridgehead atoms. The summed E-state index contributed by atoms with van der Waals surface area (Å²) in [5.41, 5.74) is 0.488. The Balaban J connectivity index is 0. The number of carbonyl (C=O) groups is 1. The van der Waals surface area contributed by atoms with Gasteiger partial charge in [0.2, 0.25) is 0 Å². The molecule has 0 aromatic rings. The second kappa shape index (κ2) is 8.01. The molecule has 0 saturated heterocycles. The highest BCUT2D eigenvalue weighted by Crippen LogP contribution is 1.97. The van der Waals surface area contributed by atoms with E-state index in [-0.39, 0.29) is 0 Å². The number of hydrogen-bond donors (Lipinski definition) is 1. The fourth-order valence-electron chi connectivity index (χ4n) is 0.387. The second-order valence-electron chi connectivity index (χ2n) is 1.80. The van der Waals surface area contributed by atoms with Crippen molar-refractivity contribution in [1.29, 1.82) is 0 Å². The highest BCUT2D eigenvalue weighted by molar-refractivity contribution is 5.92. The summed E-state index contributed by atoms with van der Waals surface area (Å²) >= 11 is 0. The van der Waals surface area contributed by atoms with Gasteiger partial charge in [0.25, 0.3) is 5.91 Å². The minimum Gasteiger partial charge on any atom is -0.281 e. The van der Waals surface area contributed by atoms with Crippen molar-refractivity contribution in [2.45, 2.75) is 27.7 Å². The topological polar surface area (TPSA) is 40.5 Å². The van der Waals surface area contributed by atoms with Gasteiger partial charge in [-0.2, -0.15) is 5.06 Å². The summed E-state index contributed by atoms with van der Waals surface area (Å²) in [5, 5.41) is 9.21. The Labute approximate surface area is 74.0 Å². The smallest absolute Gasteiger partial charge is 0.276 e. The van der Waals surface area contributed by atoms with Crippen LogP contribution in [0, 0.1) is 0 Å². The first kappa shape index (κ1) is 13.5. The lowest BCUT2D eigenvalue weighted by molar-refractivity contribution is -0.149. The Morgan fingerprint density at radius 1 is 1.50 bits per heavy atom. The fourth-order valence-corrected chi connectivity index (χ4v) is 0.387. The van der Waals surface area contributed by atoms with E-state index in [0.717, 1.165) is 6.20 Å². The number of rotatable bonds is 2. The number of allylic oxidation sites excluding steroid dienone is 1. The van der Waals surface area contributed by atoms with Crippen molar-refractivity contribution in [3.8, 4) is 0 Å². The lowest BCUT2D eigenvalue weighted by Crippen LogP contribution is -2.21. The van der Waals surface area contributed by atoms with Crippen molar-refractivity contribution in [1.82, 2.24) is 5.06 Å². The maximum atomic E-state index is 10.8. The zero-order chi connectivity index (χ0) is 10.1. The lowest BCUT2D eigenvalue weighted by atomic mass is 10.3. The number of hydrogen-bond acceptors (Lipinski definition) is 2. The zero-order valence-corrected chi connectivity index (χ0v) is 8.16. The summed E-state index contributed by atoms with van der Waals surface area (Å²) in [6.07, 6.45) is 2.67. The van der Waals surface area contributed by atoms with E-state index in [1.54, 1.807) is 19.9 Å². The van der Waals surface area contributed by atoms with E-state index in [0.29, 0.717) is 10.6 Å². The second-order valence-corrected chi connectivity index (χ2v) is 1.80. The molecule has 0 aliphatic carbocycles. The molecule has 1 N–H and O–H groups in total. The SMILES string of the molecule is C=CN(O)C(=O)/C(C)=C\C.CC. The predicted octanol–water partition coefficient (Wildman–Crippen LogP) is 2.34. The van der Waals surface area contributed by atoms with Crippen molar-refractivity contribution in [2.24, 2.45) is 0 Å². The lowest BCUT2D eigenvalue weighted by Gasteiger charge is -2.07. The first-order chi connectivity index (χ1) is 5.63. The van der Waals surface area contributed by atoms with Crippen LogP contribution < -0.4 is 0 Å². The number of nitrogens with zero attached hydrogens (tertiary/aromatic N) is 1. The third-order valence-corrected chi connectivity index (χ3v) is 1.15. The summed E-state index contributed by atoms with van der Waals surface area (Å²) < 4.78 is 0. The molecule has 0 saturated carbocycles. The molecule has 0 atom stereocenters. The molecule has 0 heterocycles. The quantitative estimate of drug-likeness (QED) is 0.393. The van der Waals surface area contributed by atoms with Crippen molar-refractivity contribution in [3.63, 3.8) is 0 Å². The molecular weight excluding hydrogens is 154 g/mol. The van der Waals surface area contributed by atoms with Crippen LogP contribution in [0.5, 0.6) is 0 Å². The van der Waals surface area contributed by atoms with Gasteiger partial charge in [-0.1, -0.05) is 26.5 Å². The molecule has 0 aromatic heterocycles. The number of carbonyl (C=O) groups excluding carboxylic acids is 1. The summed E-state index contributed by atoms with van der Waals surface area (Å²) in [4.78, 5) is 10.8. The maximum absolute atomic E-state index is 10.8. The van der Waals surface area contributed by atoms with E-state index in [2.05, 4.69) is 6.58 Å². The Morgan fingerprint density at radius 2 is 1.92 bits per heavy atom. The van der Waals surface area contributed by atoms with E-state index in [4.69, 9.17) is 5.21 Å². The zero-order valence-electron chi connectivity index (χ0n) is 8.16. The van der Waals surface area contributed by atoms with Gasteiger partial charge in [-0.05, 0) is 13.8 Å². The first-order valence-electron chi connectivity index (χ1n) is 3.91. The monoisotopic (exact) mass is 171 g/mol. The molecule has 0 radical (unpaired) electrons. The minimum atomic E-state index is -0.447. The average molecular weight is 171 g/mol. The van der Waals surface area contributed by atoms with Crippen LogP contribution in [0.25, 0.3) is 0 Å². The minimum absolute atomic E-state index is 0.447. The van der Waals surface area contributed by atoms with Crippen molar-refractivity contribution < 1.29 is 10.0 Å². The van der Waals surface area contributed by atoms with Gasteiger partial charge >= 0.3 is 0 Å². The molecule has 3 heteroatoms. The molecular formula is C9H17NO2. The molecule has 0 aromatic carbocycles. The van der Waals surface area contributed by atoms with Crippen LogP contribution >= 0.6 is 0 Å². The van der Waals surface area contributed by atoms with E-state index < -0.39 is 5.91 Å². The largest absolute Gasteiger partial charge is 0.281 e. The fraction of sp³-hybridized carbons (Fsp3) is 0.444. The van der Waals surface area contributed by atoms with Crippen LogP contribution in [0.1, 0.15) is 27.7 Å². The highest BCUT2D eigenvalue weighted by Gasteiger charge is 2.07. The molecule has 0 unspecified atom stereocenters. The summed E-state index contributed by atoms with van der Waals surface area (Å²) in [6.45, 7) is 10.6. The van der Waals surface area contributed by atoms with E-state index in [9.17, 15) is 4.79 Å². The molecule has 3 nitrogen and oxygen atoms in total.